The fourth-order valence-electron chi connectivity index (χ4n) is 1.49. The monoisotopic (exact) mass is 364 g/mol. The predicted octanol–water partition coefficient (Wildman–Crippen LogP) is 5.18. The first kappa shape index (κ1) is 14.6. The van der Waals surface area contributed by atoms with E-state index in [9.17, 15) is 4.39 Å². The van der Waals surface area contributed by atoms with Gasteiger partial charge in [-0.15, -0.1) is 0 Å². The van der Waals surface area contributed by atoms with Gasteiger partial charge in [-0.25, -0.2) is 4.39 Å². The third kappa shape index (κ3) is 3.20. The molecule has 0 aliphatic heterocycles. The average molecular weight is 366 g/mol. The number of aliphatic hydroxyl groups excluding tert-OH is 1. The normalized spacial score (nSPS) is 10.6. The molecule has 19 heavy (non-hydrogen) atoms. The van der Waals surface area contributed by atoms with Crippen LogP contribution in [-0.4, -0.2) is 5.11 Å². The number of rotatable bonds is 3. The molecule has 0 fully saturated rings. The first-order valence-corrected chi connectivity index (χ1v) is 6.78. The number of hydrogen-bond donors (Lipinski definition) is 1. The second-order valence-electron chi connectivity index (χ2n) is 3.67. The molecule has 2 aromatic rings. The highest BCUT2D eigenvalue weighted by atomic mass is 79.9. The molecule has 6 heteroatoms. The molecule has 0 aliphatic carbocycles. The van der Waals surface area contributed by atoms with Crippen LogP contribution in [-0.2, 0) is 6.61 Å². The molecule has 0 aromatic heterocycles. The molecule has 0 heterocycles. The molecular formula is C13H8BrCl2FO2. The number of halogens is 4. The molecule has 0 aliphatic rings. The average Bonchev–Trinajstić information content (AvgIpc) is 2.36. The lowest BCUT2D eigenvalue weighted by Crippen LogP contribution is -1.96. The Morgan fingerprint density at radius 2 is 1.89 bits per heavy atom. The summed E-state index contributed by atoms with van der Waals surface area (Å²) in [5, 5.41) is 9.90. The summed E-state index contributed by atoms with van der Waals surface area (Å²) in [5.41, 5.74) is 0.0672. The summed E-state index contributed by atoms with van der Waals surface area (Å²) in [6.45, 7) is -0.468. The highest BCUT2D eigenvalue weighted by molar-refractivity contribution is 9.10. The third-order valence-corrected chi connectivity index (χ3v) is 3.92. The smallest absolute Gasteiger partial charge is 0.147 e. The van der Waals surface area contributed by atoms with Crippen LogP contribution in [0.2, 0.25) is 10.0 Å². The van der Waals surface area contributed by atoms with E-state index < -0.39 is 12.4 Å². The van der Waals surface area contributed by atoms with E-state index in [1.807, 2.05) is 0 Å². The molecule has 0 radical (unpaired) electrons. The highest BCUT2D eigenvalue weighted by Gasteiger charge is 2.12. The Balaban J connectivity index is 2.42. The molecule has 0 saturated carbocycles. The predicted molar refractivity (Wildman–Crippen MR) is 76.6 cm³/mol. The summed E-state index contributed by atoms with van der Waals surface area (Å²) in [6.07, 6.45) is 0. The zero-order chi connectivity index (χ0) is 14.0. The van der Waals surface area contributed by atoms with Crippen LogP contribution in [0.15, 0.2) is 34.8 Å². The molecule has 1 N–H and O–H groups in total. The second kappa shape index (κ2) is 6.09. The van der Waals surface area contributed by atoms with Crippen LogP contribution in [0, 0.1) is 5.82 Å². The minimum absolute atomic E-state index is 0.0672. The zero-order valence-corrected chi connectivity index (χ0v) is 12.6. The molecule has 2 aromatic carbocycles. The first-order chi connectivity index (χ1) is 9.02. The second-order valence-corrected chi connectivity index (χ2v) is 5.34. The summed E-state index contributed by atoms with van der Waals surface area (Å²) >= 11 is 15.2. The summed E-state index contributed by atoms with van der Waals surface area (Å²) in [5.74, 6) is -0.0581. The molecule has 0 unspecified atom stereocenters. The van der Waals surface area contributed by atoms with Crippen LogP contribution >= 0.6 is 39.1 Å². The molecule has 0 atom stereocenters. The third-order valence-electron chi connectivity index (χ3n) is 2.43. The van der Waals surface area contributed by atoms with Gasteiger partial charge in [-0.1, -0.05) is 29.3 Å². The molecule has 0 amide bonds. The van der Waals surface area contributed by atoms with Crippen molar-refractivity contribution in [1.82, 2.24) is 0 Å². The zero-order valence-electron chi connectivity index (χ0n) is 9.46. The minimum atomic E-state index is -0.542. The number of ether oxygens (including phenoxy) is 1. The van der Waals surface area contributed by atoms with E-state index in [-0.39, 0.29) is 17.1 Å². The van der Waals surface area contributed by atoms with Crippen molar-refractivity contribution in [3.63, 3.8) is 0 Å². The molecule has 0 spiro atoms. The van der Waals surface area contributed by atoms with Gasteiger partial charge in [0.15, 0.2) is 0 Å². The fraction of sp³-hybridized carbons (Fsp3) is 0.0769. The van der Waals surface area contributed by atoms with Gasteiger partial charge in [0.25, 0.3) is 0 Å². The summed E-state index contributed by atoms with van der Waals surface area (Å²) < 4.78 is 19.6. The van der Waals surface area contributed by atoms with Gasteiger partial charge in [0.2, 0.25) is 0 Å². The van der Waals surface area contributed by atoms with Crippen molar-refractivity contribution < 1.29 is 14.2 Å². The van der Waals surface area contributed by atoms with E-state index in [1.165, 1.54) is 18.2 Å². The van der Waals surface area contributed by atoms with E-state index >= 15 is 0 Å². The van der Waals surface area contributed by atoms with Gasteiger partial charge in [0, 0.05) is 10.5 Å². The summed E-state index contributed by atoms with van der Waals surface area (Å²) in [6, 6.07) is 7.37. The number of benzene rings is 2. The molecular weight excluding hydrogens is 358 g/mol. The summed E-state index contributed by atoms with van der Waals surface area (Å²) in [4.78, 5) is 0. The summed E-state index contributed by atoms with van der Waals surface area (Å²) in [7, 11) is 0. The Hall–Kier alpha value is -0.810. The largest absolute Gasteiger partial charge is 0.455 e. The van der Waals surface area contributed by atoms with Crippen LogP contribution in [0.25, 0.3) is 0 Å². The highest BCUT2D eigenvalue weighted by Crippen LogP contribution is 2.37. The van der Waals surface area contributed by atoms with Gasteiger partial charge < -0.3 is 9.84 Å². The van der Waals surface area contributed by atoms with Crippen LogP contribution < -0.4 is 4.74 Å². The van der Waals surface area contributed by atoms with E-state index in [4.69, 9.17) is 33.0 Å². The van der Waals surface area contributed by atoms with Crippen LogP contribution in [0.3, 0.4) is 0 Å². The van der Waals surface area contributed by atoms with Crippen molar-refractivity contribution in [3.05, 3.63) is 56.2 Å². The Labute approximate surface area is 127 Å². The molecule has 2 nitrogen and oxygen atoms in total. The topological polar surface area (TPSA) is 29.5 Å². The Morgan fingerprint density at radius 1 is 1.16 bits per heavy atom. The quantitative estimate of drug-likeness (QED) is 0.759. The van der Waals surface area contributed by atoms with Crippen LogP contribution in [0.4, 0.5) is 4.39 Å². The van der Waals surface area contributed by atoms with Crippen molar-refractivity contribution >= 4 is 39.1 Å². The number of aliphatic hydroxyl groups is 1. The van der Waals surface area contributed by atoms with E-state index in [1.54, 1.807) is 12.1 Å². The van der Waals surface area contributed by atoms with Crippen LogP contribution in [0.5, 0.6) is 11.5 Å². The van der Waals surface area contributed by atoms with Crippen molar-refractivity contribution in [2.75, 3.05) is 0 Å². The van der Waals surface area contributed by atoms with Gasteiger partial charge in [-0.05, 0) is 34.1 Å². The minimum Gasteiger partial charge on any atom is -0.455 e. The van der Waals surface area contributed by atoms with Crippen molar-refractivity contribution in [3.8, 4) is 11.5 Å². The Kier molecular flexibility index (Phi) is 4.68. The fourth-order valence-corrected chi connectivity index (χ4v) is 2.32. The lowest BCUT2D eigenvalue weighted by atomic mass is 10.2. The SMILES string of the molecule is OCc1c(F)cccc1Oc1cc(Cl)c(Br)cc1Cl. The van der Waals surface area contributed by atoms with Crippen molar-refractivity contribution in [2.24, 2.45) is 0 Å². The number of hydrogen-bond acceptors (Lipinski definition) is 2. The van der Waals surface area contributed by atoms with Gasteiger partial charge in [-0.3, -0.25) is 0 Å². The van der Waals surface area contributed by atoms with Crippen molar-refractivity contribution in [1.29, 1.82) is 0 Å². The van der Waals surface area contributed by atoms with Crippen LogP contribution in [0.1, 0.15) is 5.56 Å². The van der Waals surface area contributed by atoms with E-state index in [0.29, 0.717) is 14.5 Å². The molecule has 0 saturated heterocycles. The Morgan fingerprint density at radius 3 is 2.58 bits per heavy atom. The maximum Gasteiger partial charge on any atom is 0.147 e. The first-order valence-electron chi connectivity index (χ1n) is 5.23. The van der Waals surface area contributed by atoms with Gasteiger partial charge in [0.05, 0.1) is 22.2 Å². The van der Waals surface area contributed by atoms with Gasteiger partial charge in [0.1, 0.15) is 17.3 Å². The van der Waals surface area contributed by atoms with Crippen molar-refractivity contribution in [2.45, 2.75) is 6.61 Å². The van der Waals surface area contributed by atoms with E-state index in [0.717, 1.165) is 0 Å². The lowest BCUT2D eigenvalue weighted by Gasteiger charge is -2.12. The Bertz CT molecular complexity index is 620. The maximum atomic E-state index is 13.5. The van der Waals surface area contributed by atoms with E-state index in [2.05, 4.69) is 15.9 Å². The van der Waals surface area contributed by atoms with Gasteiger partial charge >= 0.3 is 0 Å². The lowest BCUT2D eigenvalue weighted by molar-refractivity contribution is 0.270. The molecule has 100 valence electrons. The maximum absolute atomic E-state index is 13.5. The molecule has 2 rings (SSSR count). The molecule has 0 bridgehead atoms. The van der Waals surface area contributed by atoms with Gasteiger partial charge in [-0.2, -0.15) is 0 Å². The standard InChI is InChI=1S/C13H8BrCl2FO2/c14-8-4-10(16)13(5-9(8)15)19-12-3-1-2-11(17)7(12)6-18/h1-5,18H,6H2.